The summed E-state index contributed by atoms with van der Waals surface area (Å²) in [4.78, 5) is 18.0. The lowest BCUT2D eigenvalue weighted by atomic mass is 10.1. The molecule has 5 nitrogen and oxygen atoms in total. The van der Waals surface area contributed by atoms with Crippen LogP contribution >= 0.6 is 0 Å². The lowest BCUT2D eigenvalue weighted by molar-refractivity contribution is 0.0696. The van der Waals surface area contributed by atoms with Crippen LogP contribution in [0.25, 0.3) is 0 Å². The minimum absolute atomic E-state index is 0.286. The molecule has 1 N–H and O–H groups in total. The summed E-state index contributed by atoms with van der Waals surface area (Å²) in [6.45, 7) is 7.20. The van der Waals surface area contributed by atoms with Gasteiger partial charge >= 0.3 is 5.97 Å². The van der Waals surface area contributed by atoms with E-state index in [0.29, 0.717) is 11.3 Å². The van der Waals surface area contributed by atoms with E-state index in [1.54, 1.807) is 25.3 Å². The molecule has 2 aromatic rings. The van der Waals surface area contributed by atoms with Crippen molar-refractivity contribution in [1.29, 1.82) is 0 Å². The van der Waals surface area contributed by atoms with Crippen molar-refractivity contribution in [2.24, 2.45) is 4.99 Å². The first-order chi connectivity index (χ1) is 12.1. The summed E-state index contributed by atoms with van der Waals surface area (Å²) in [6, 6.07) is 11.5. The average molecular weight is 338 g/mol. The number of hydrogen-bond donors (Lipinski definition) is 1. The molecule has 0 aromatic heterocycles. The van der Waals surface area contributed by atoms with Crippen molar-refractivity contribution in [3.05, 3.63) is 58.7 Å². The van der Waals surface area contributed by atoms with E-state index < -0.39 is 5.97 Å². The van der Waals surface area contributed by atoms with Crippen molar-refractivity contribution in [3.63, 3.8) is 0 Å². The van der Waals surface area contributed by atoms with E-state index >= 15 is 0 Å². The zero-order valence-corrected chi connectivity index (χ0v) is 14.5. The van der Waals surface area contributed by atoms with Crippen molar-refractivity contribution in [2.75, 3.05) is 31.2 Å². The topological polar surface area (TPSA) is 62.1 Å². The Hall–Kier alpha value is -2.66. The SMILES string of the molecule is Cc1cc(N2CCOCC2)ccc1C=Nc1cccc(C(=O)O)c1C. The molecule has 0 amide bonds. The minimum atomic E-state index is -0.930. The van der Waals surface area contributed by atoms with Crippen molar-refractivity contribution in [2.45, 2.75) is 13.8 Å². The van der Waals surface area contributed by atoms with E-state index in [1.165, 1.54) is 5.69 Å². The van der Waals surface area contributed by atoms with Crippen LogP contribution < -0.4 is 4.90 Å². The lowest BCUT2D eigenvalue weighted by Crippen LogP contribution is -2.36. The van der Waals surface area contributed by atoms with Crippen molar-refractivity contribution in [1.82, 2.24) is 0 Å². The van der Waals surface area contributed by atoms with Gasteiger partial charge in [-0.1, -0.05) is 12.1 Å². The third kappa shape index (κ3) is 3.88. The van der Waals surface area contributed by atoms with Crippen LogP contribution in [0.4, 0.5) is 11.4 Å². The molecule has 2 aromatic carbocycles. The second-order valence-electron chi connectivity index (χ2n) is 6.15. The maximum atomic E-state index is 11.2. The smallest absolute Gasteiger partial charge is 0.336 e. The standard InChI is InChI=1S/C20H22N2O3/c1-14-12-17(22-8-10-25-11-9-22)7-6-16(14)13-21-19-5-3-4-18(15(19)2)20(23)24/h3-7,12-13H,8-11H2,1-2H3,(H,23,24). The summed E-state index contributed by atoms with van der Waals surface area (Å²) in [5.74, 6) is -0.930. The molecular formula is C20H22N2O3. The highest BCUT2D eigenvalue weighted by atomic mass is 16.5. The molecule has 0 spiro atoms. The number of morpholine rings is 1. The summed E-state index contributed by atoms with van der Waals surface area (Å²) in [7, 11) is 0. The lowest BCUT2D eigenvalue weighted by Gasteiger charge is -2.29. The number of carbonyl (C=O) groups is 1. The van der Waals surface area contributed by atoms with Gasteiger partial charge in [-0.2, -0.15) is 0 Å². The van der Waals surface area contributed by atoms with Crippen LogP contribution in [0.3, 0.4) is 0 Å². The van der Waals surface area contributed by atoms with E-state index in [2.05, 4.69) is 35.0 Å². The van der Waals surface area contributed by atoms with E-state index in [9.17, 15) is 9.90 Å². The quantitative estimate of drug-likeness (QED) is 0.866. The Labute approximate surface area is 147 Å². The predicted molar refractivity (Wildman–Crippen MR) is 99.6 cm³/mol. The summed E-state index contributed by atoms with van der Waals surface area (Å²) in [5.41, 5.74) is 5.00. The normalized spacial score (nSPS) is 14.9. The Bertz CT molecular complexity index is 809. The maximum Gasteiger partial charge on any atom is 0.336 e. The molecule has 1 aliphatic heterocycles. The van der Waals surface area contributed by atoms with E-state index in [4.69, 9.17) is 4.74 Å². The number of carboxylic acids is 1. The van der Waals surface area contributed by atoms with Gasteiger partial charge in [0.15, 0.2) is 0 Å². The highest BCUT2D eigenvalue weighted by Crippen LogP contribution is 2.23. The Morgan fingerprint density at radius 3 is 2.64 bits per heavy atom. The zero-order chi connectivity index (χ0) is 17.8. The Morgan fingerprint density at radius 2 is 1.96 bits per heavy atom. The predicted octanol–water partition coefficient (Wildman–Crippen LogP) is 3.59. The first-order valence-electron chi connectivity index (χ1n) is 8.36. The van der Waals surface area contributed by atoms with Gasteiger partial charge in [-0.25, -0.2) is 4.79 Å². The van der Waals surface area contributed by atoms with Crippen molar-refractivity contribution >= 4 is 23.6 Å². The van der Waals surface area contributed by atoms with Crippen LogP contribution in [0.2, 0.25) is 0 Å². The number of nitrogens with zero attached hydrogens (tertiary/aromatic N) is 2. The number of hydrogen-bond acceptors (Lipinski definition) is 4. The monoisotopic (exact) mass is 338 g/mol. The van der Waals surface area contributed by atoms with E-state index in [0.717, 1.165) is 37.4 Å². The van der Waals surface area contributed by atoms with E-state index in [-0.39, 0.29) is 5.56 Å². The van der Waals surface area contributed by atoms with Crippen LogP contribution in [-0.4, -0.2) is 43.6 Å². The van der Waals surface area contributed by atoms with Gasteiger partial charge in [-0.15, -0.1) is 0 Å². The van der Waals surface area contributed by atoms with Crippen molar-refractivity contribution < 1.29 is 14.6 Å². The number of aromatic carboxylic acids is 1. The molecular weight excluding hydrogens is 316 g/mol. The number of anilines is 1. The van der Waals surface area contributed by atoms with Crippen LogP contribution in [0.15, 0.2) is 41.4 Å². The fraction of sp³-hybridized carbons (Fsp3) is 0.300. The first-order valence-corrected chi connectivity index (χ1v) is 8.36. The molecule has 0 bridgehead atoms. The third-order valence-corrected chi connectivity index (χ3v) is 4.51. The molecule has 130 valence electrons. The van der Waals surface area contributed by atoms with Gasteiger partial charge in [0.1, 0.15) is 0 Å². The summed E-state index contributed by atoms with van der Waals surface area (Å²) < 4.78 is 5.40. The van der Waals surface area contributed by atoms with Crippen molar-refractivity contribution in [3.8, 4) is 0 Å². The number of carboxylic acid groups (broad SMARTS) is 1. The highest BCUT2D eigenvalue weighted by Gasteiger charge is 2.12. The van der Waals surface area contributed by atoms with Gasteiger partial charge in [0, 0.05) is 25.0 Å². The molecule has 25 heavy (non-hydrogen) atoms. The number of rotatable bonds is 4. The molecule has 0 atom stereocenters. The highest BCUT2D eigenvalue weighted by molar-refractivity contribution is 5.92. The Morgan fingerprint density at radius 1 is 1.20 bits per heavy atom. The minimum Gasteiger partial charge on any atom is -0.478 e. The maximum absolute atomic E-state index is 11.2. The molecule has 1 fully saturated rings. The van der Waals surface area contributed by atoms with Crippen LogP contribution in [0.5, 0.6) is 0 Å². The summed E-state index contributed by atoms with van der Waals surface area (Å²) in [5, 5.41) is 9.21. The molecule has 0 saturated carbocycles. The average Bonchev–Trinajstić information content (AvgIpc) is 2.62. The van der Waals surface area contributed by atoms with Gasteiger partial charge in [0.2, 0.25) is 0 Å². The van der Waals surface area contributed by atoms with Crippen LogP contribution in [-0.2, 0) is 4.74 Å². The molecule has 3 rings (SSSR count). The zero-order valence-electron chi connectivity index (χ0n) is 14.5. The van der Waals surface area contributed by atoms with Crippen LogP contribution in [0, 0.1) is 13.8 Å². The third-order valence-electron chi connectivity index (χ3n) is 4.51. The number of ether oxygens (including phenoxy) is 1. The summed E-state index contributed by atoms with van der Waals surface area (Å²) in [6.07, 6.45) is 1.80. The van der Waals surface area contributed by atoms with Gasteiger partial charge in [-0.05, 0) is 54.8 Å². The first kappa shape index (κ1) is 17.2. The molecule has 0 unspecified atom stereocenters. The fourth-order valence-electron chi connectivity index (χ4n) is 2.96. The molecule has 1 heterocycles. The van der Waals surface area contributed by atoms with Gasteiger partial charge < -0.3 is 14.7 Å². The molecule has 5 heteroatoms. The molecule has 0 aliphatic carbocycles. The van der Waals surface area contributed by atoms with Gasteiger partial charge in [0.25, 0.3) is 0 Å². The van der Waals surface area contributed by atoms with E-state index in [1.807, 2.05) is 6.07 Å². The Balaban J connectivity index is 1.82. The second kappa shape index (κ2) is 7.49. The largest absolute Gasteiger partial charge is 0.478 e. The second-order valence-corrected chi connectivity index (χ2v) is 6.15. The fourth-order valence-corrected chi connectivity index (χ4v) is 2.96. The Kier molecular flexibility index (Phi) is 5.14. The molecule has 0 radical (unpaired) electrons. The summed E-state index contributed by atoms with van der Waals surface area (Å²) >= 11 is 0. The van der Waals surface area contributed by atoms with Crippen LogP contribution in [0.1, 0.15) is 27.0 Å². The van der Waals surface area contributed by atoms with Gasteiger partial charge in [0.05, 0.1) is 24.5 Å². The van der Waals surface area contributed by atoms with Gasteiger partial charge in [-0.3, -0.25) is 4.99 Å². The molecule has 1 saturated heterocycles. The number of aliphatic imine (C=N–C) groups is 1. The molecule has 1 aliphatic rings. The number of benzene rings is 2. The number of aryl methyl sites for hydroxylation is 1.